The number of sulfonamides is 1. The van der Waals surface area contributed by atoms with Crippen LogP contribution in [0.1, 0.15) is 55.5 Å². The Morgan fingerprint density at radius 1 is 1.07 bits per heavy atom. The van der Waals surface area contributed by atoms with Gasteiger partial charge < -0.3 is 4.90 Å². The molecule has 2 aromatic carbocycles. The van der Waals surface area contributed by atoms with Crippen molar-refractivity contribution in [2.75, 3.05) is 13.1 Å². The molecule has 0 aromatic heterocycles. The van der Waals surface area contributed by atoms with E-state index in [1.807, 2.05) is 49.1 Å². The minimum absolute atomic E-state index is 0.0148. The van der Waals surface area contributed by atoms with E-state index in [1.54, 1.807) is 28.6 Å². The van der Waals surface area contributed by atoms with Crippen LogP contribution in [0.25, 0.3) is 0 Å². The SMILES string of the molecule is CCCN(Cc1ccccc1)C(=O)c1ccc(S(=O)(=O)N2CCCCC2C)cc1. The quantitative estimate of drug-likeness (QED) is 0.679. The van der Waals surface area contributed by atoms with E-state index in [-0.39, 0.29) is 16.8 Å². The highest BCUT2D eigenvalue weighted by atomic mass is 32.2. The molecule has 3 rings (SSSR count). The van der Waals surface area contributed by atoms with E-state index >= 15 is 0 Å². The molecule has 1 fully saturated rings. The Morgan fingerprint density at radius 3 is 2.38 bits per heavy atom. The molecule has 0 saturated carbocycles. The molecule has 0 bridgehead atoms. The predicted octanol–water partition coefficient (Wildman–Crippen LogP) is 4.30. The summed E-state index contributed by atoms with van der Waals surface area (Å²) >= 11 is 0. The van der Waals surface area contributed by atoms with Crippen LogP contribution in [0.2, 0.25) is 0 Å². The number of piperidine rings is 1. The van der Waals surface area contributed by atoms with Crippen molar-refractivity contribution in [1.82, 2.24) is 9.21 Å². The second-order valence-electron chi connectivity index (χ2n) is 7.70. The molecule has 156 valence electrons. The Bertz CT molecular complexity index is 911. The van der Waals surface area contributed by atoms with Crippen molar-refractivity contribution in [2.24, 2.45) is 0 Å². The second kappa shape index (κ2) is 9.55. The highest BCUT2D eigenvalue weighted by Crippen LogP contribution is 2.25. The smallest absolute Gasteiger partial charge is 0.254 e. The average Bonchev–Trinajstić information content (AvgIpc) is 2.74. The average molecular weight is 415 g/mol. The molecule has 6 heteroatoms. The summed E-state index contributed by atoms with van der Waals surface area (Å²) in [4.78, 5) is 15.1. The zero-order chi connectivity index (χ0) is 20.9. The Kier molecular flexibility index (Phi) is 7.09. The first-order valence-electron chi connectivity index (χ1n) is 10.4. The number of amides is 1. The third kappa shape index (κ3) is 5.06. The minimum Gasteiger partial charge on any atom is -0.334 e. The molecule has 0 spiro atoms. The maximum atomic E-state index is 13.0. The molecule has 1 unspecified atom stereocenters. The van der Waals surface area contributed by atoms with Crippen molar-refractivity contribution in [2.45, 2.75) is 57.0 Å². The summed E-state index contributed by atoms with van der Waals surface area (Å²) in [5, 5.41) is 0. The zero-order valence-corrected chi connectivity index (χ0v) is 18.1. The zero-order valence-electron chi connectivity index (χ0n) is 17.3. The van der Waals surface area contributed by atoms with Gasteiger partial charge in [0.25, 0.3) is 5.91 Å². The van der Waals surface area contributed by atoms with E-state index in [4.69, 9.17) is 0 Å². The van der Waals surface area contributed by atoms with Gasteiger partial charge in [0, 0.05) is 31.2 Å². The van der Waals surface area contributed by atoms with Crippen LogP contribution < -0.4 is 0 Å². The topological polar surface area (TPSA) is 57.7 Å². The summed E-state index contributed by atoms with van der Waals surface area (Å²) in [6.07, 6.45) is 3.71. The second-order valence-corrected chi connectivity index (χ2v) is 9.59. The fourth-order valence-electron chi connectivity index (χ4n) is 3.84. The number of hydrogen-bond donors (Lipinski definition) is 0. The van der Waals surface area contributed by atoms with E-state index in [0.29, 0.717) is 25.2 Å². The van der Waals surface area contributed by atoms with E-state index < -0.39 is 10.0 Å². The highest BCUT2D eigenvalue weighted by molar-refractivity contribution is 7.89. The van der Waals surface area contributed by atoms with Crippen LogP contribution in [0.4, 0.5) is 0 Å². The normalized spacial score (nSPS) is 17.8. The van der Waals surface area contributed by atoms with Gasteiger partial charge in [-0.1, -0.05) is 43.7 Å². The van der Waals surface area contributed by atoms with Crippen LogP contribution in [0, 0.1) is 0 Å². The summed E-state index contributed by atoms with van der Waals surface area (Å²) in [5.41, 5.74) is 1.59. The standard InChI is InChI=1S/C23H30N2O3S/c1-3-16-24(18-20-10-5-4-6-11-20)23(26)21-12-14-22(15-13-21)29(27,28)25-17-8-7-9-19(25)2/h4-6,10-15,19H,3,7-9,16-18H2,1-2H3. The van der Waals surface area contributed by atoms with Gasteiger partial charge in [0.05, 0.1) is 4.90 Å². The van der Waals surface area contributed by atoms with Gasteiger partial charge in [-0.3, -0.25) is 4.79 Å². The van der Waals surface area contributed by atoms with Crippen molar-refractivity contribution in [1.29, 1.82) is 0 Å². The van der Waals surface area contributed by atoms with Crippen LogP contribution in [-0.2, 0) is 16.6 Å². The van der Waals surface area contributed by atoms with Crippen molar-refractivity contribution in [3.63, 3.8) is 0 Å². The Labute approximate surface area is 174 Å². The third-order valence-corrected chi connectivity index (χ3v) is 7.47. The van der Waals surface area contributed by atoms with Crippen LogP contribution in [0.15, 0.2) is 59.5 Å². The van der Waals surface area contributed by atoms with Crippen LogP contribution in [-0.4, -0.2) is 42.7 Å². The molecule has 2 aromatic rings. The van der Waals surface area contributed by atoms with Gasteiger partial charge in [-0.2, -0.15) is 4.31 Å². The van der Waals surface area contributed by atoms with Gasteiger partial charge in [-0.05, 0) is 56.0 Å². The minimum atomic E-state index is -3.52. The number of nitrogens with zero attached hydrogens (tertiary/aromatic N) is 2. The molecular formula is C23H30N2O3S. The lowest BCUT2D eigenvalue weighted by molar-refractivity contribution is 0.0743. The molecule has 0 radical (unpaired) electrons. The molecule has 1 heterocycles. The summed E-state index contributed by atoms with van der Waals surface area (Å²) in [6.45, 7) is 5.75. The lowest BCUT2D eigenvalue weighted by atomic mass is 10.1. The van der Waals surface area contributed by atoms with E-state index in [2.05, 4.69) is 0 Å². The van der Waals surface area contributed by atoms with E-state index in [1.165, 1.54) is 0 Å². The lowest BCUT2D eigenvalue weighted by Crippen LogP contribution is -2.41. The van der Waals surface area contributed by atoms with Crippen LogP contribution in [0.3, 0.4) is 0 Å². The van der Waals surface area contributed by atoms with E-state index in [9.17, 15) is 13.2 Å². The highest BCUT2D eigenvalue weighted by Gasteiger charge is 2.31. The Morgan fingerprint density at radius 2 is 1.76 bits per heavy atom. The van der Waals surface area contributed by atoms with Gasteiger partial charge in [-0.25, -0.2) is 8.42 Å². The van der Waals surface area contributed by atoms with E-state index in [0.717, 1.165) is 31.2 Å². The number of carbonyl (C=O) groups is 1. The van der Waals surface area contributed by atoms with Gasteiger partial charge in [-0.15, -0.1) is 0 Å². The third-order valence-electron chi connectivity index (χ3n) is 5.45. The summed E-state index contributed by atoms with van der Waals surface area (Å²) in [7, 11) is -3.52. The fourth-order valence-corrected chi connectivity index (χ4v) is 5.54. The molecule has 1 amide bonds. The fraction of sp³-hybridized carbons (Fsp3) is 0.435. The first-order chi connectivity index (χ1) is 13.9. The van der Waals surface area contributed by atoms with Crippen molar-refractivity contribution in [3.8, 4) is 0 Å². The first kappa shape index (κ1) is 21.5. The van der Waals surface area contributed by atoms with Gasteiger partial charge in [0.2, 0.25) is 10.0 Å². The predicted molar refractivity (Wildman–Crippen MR) is 115 cm³/mol. The lowest BCUT2D eigenvalue weighted by Gasteiger charge is -2.32. The molecule has 1 atom stereocenters. The molecule has 5 nitrogen and oxygen atoms in total. The van der Waals surface area contributed by atoms with Gasteiger partial charge in [0.15, 0.2) is 0 Å². The largest absolute Gasteiger partial charge is 0.334 e. The number of hydrogen-bond acceptors (Lipinski definition) is 3. The molecular weight excluding hydrogens is 384 g/mol. The maximum Gasteiger partial charge on any atom is 0.254 e. The van der Waals surface area contributed by atoms with Crippen LogP contribution in [0.5, 0.6) is 0 Å². The maximum absolute atomic E-state index is 13.0. The van der Waals surface area contributed by atoms with Crippen molar-refractivity contribution in [3.05, 3.63) is 65.7 Å². The van der Waals surface area contributed by atoms with Crippen molar-refractivity contribution >= 4 is 15.9 Å². The summed E-state index contributed by atoms with van der Waals surface area (Å²) in [6, 6.07) is 16.3. The Balaban J connectivity index is 1.78. The molecule has 1 aliphatic rings. The summed E-state index contributed by atoms with van der Waals surface area (Å²) < 4.78 is 27.6. The van der Waals surface area contributed by atoms with Crippen molar-refractivity contribution < 1.29 is 13.2 Å². The number of benzene rings is 2. The van der Waals surface area contributed by atoms with Gasteiger partial charge in [0.1, 0.15) is 0 Å². The van der Waals surface area contributed by atoms with Crippen LogP contribution >= 0.6 is 0 Å². The number of carbonyl (C=O) groups excluding carboxylic acids is 1. The monoisotopic (exact) mass is 414 g/mol. The summed E-state index contributed by atoms with van der Waals surface area (Å²) in [5.74, 6) is -0.0778. The molecule has 0 aliphatic carbocycles. The molecule has 29 heavy (non-hydrogen) atoms. The molecule has 1 aliphatic heterocycles. The Hall–Kier alpha value is -2.18. The van der Waals surface area contributed by atoms with Gasteiger partial charge >= 0.3 is 0 Å². The first-order valence-corrected chi connectivity index (χ1v) is 11.8. The molecule has 0 N–H and O–H groups in total. The number of rotatable bonds is 7. The molecule has 1 saturated heterocycles.